The third-order valence-corrected chi connectivity index (χ3v) is 4.93. The number of aromatic nitrogens is 2. The van der Waals surface area contributed by atoms with E-state index in [4.69, 9.17) is 16.2 Å². The number of amides is 2. The van der Waals surface area contributed by atoms with Crippen molar-refractivity contribution in [3.8, 4) is 0 Å². The van der Waals surface area contributed by atoms with Gasteiger partial charge in [0.2, 0.25) is 5.91 Å². The zero-order chi connectivity index (χ0) is 25.7. The van der Waals surface area contributed by atoms with Crippen molar-refractivity contribution in [3.63, 3.8) is 0 Å². The van der Waals surface area contributed by atoms with Gasteiger partial charge < -0.3 is 51.8 Å². The Bertz CT molecular complexity index is 1020. The zero-order valence-electron chi connectivity index (χ0n) is 17.4. The van der Waals surface area contributed by atoms with Gasteiger partial charge in [-0.05, 0) is 0 Å². The molecule has 0 radical (unpaired) electrons. The normalized spacial score (nSPS) is 24.7. The lowest BCUT2D eigenvalue weighted by Crippen LogP contribution is -2.56. The lowest BCUT2D eigenvalue weighted by atomic mass is 10.0. The molecule has 17 heteroatoms. The summed E-state index contributed by atoms with van der Waals surface area (Å²) >= 11 is 0. The van der Waals surface area contributed by atoms with E-state index in [9.17, 15) is 49.5 Å². The van der Waals surface area contributed by atoms with Gasteiger partial charge in [-0.3, -0.25) is 19.1 Å². The van der Waals surface area contributed by atoms with Gasteiger partial charge in [-0.15, -0.1) is 0 Å². The zero-order valence-corrected chi connectivity index (χ0v) is 17.4. The molecule has 1 fully saturated rings. The van der Waals surface area contributed by atoms with Crippen LogP contribution in [0.3, 0.4) is 0 Å². The monoisotopic (exact) mass is 491 g/mol. The number of ether oxygens (including phenoxy) is 2. The molecule has 1 aromatic rings. The number of carbonyl (C=O) groups is 3. The molecule has 2 heterocycles. The van der Waals surface area contributed by atoms with Crippen LogP contribution >= 0.6 is 0 Å². The number of H-pyrrole nitrogens is 1. The summed E-state index contributed by atoms with van der Waals surface area (Å²) in [5, 5.41) is 51.1. The molecule has 0 aromatic carbocycles. The minimum atomic E-state index is -1.97. The van der Waals surface area contributed by atoms with Gasteiger partial charge in [0.25, 0.3) is 5.56 Å². The summed E-state index contributed by atoms with van der Waals surface area (Å²) < 4.78 is 10.3. The highest BCUT2D eigenvalue weighted by atomic mass is 16.6. The van der Waals surface area contributed by atoms with Gasteiger partial charge in [0.15, 0.2) is 12.3 Å². The van der Waals surface area contributed by atoms with E-state index in [0.29, 0.717) is 4.57 Å². The number of aliphatic hydroxyl groups is 4. The van der Waals surface area contributed by atoms with Gasteiger partial charge in [-0.1, -0.05) is 0 Å². The number of nitrogens with two attached hydrogens (primary N) is 2. The Labute approximate surface area is 189 Å². The van der Waals surface area contributed by atoms with E-state index in [0.717, 1.165) is 6.20 Å². The first kappa shape index (κ1) is 26.9. The summed E-state index contributed by atoms with van der Waals surface area (Å²) in [6, 6.07) is -3.45. The number of nitrogens with one attached hydrogen (secondary N) is 2. The van der Waals surface area contributed by atoms with Crippen LogP contribution in [0, 0.1) is 0 Å². The van der Waals surface area contributed by atoms with Gasteiger partial charge in [-0.25, -0.2) is 14.4 Å². The molecule has 0 unspecified atom stereocenters. The molecule has 17 nitrogen and oxygen atoms in total. The highest BCUT2D eigenvalue weighted by Gasteiger charge is 2.50. The van der Waals surface area contributed by atoms with Crippen LogP contribution in [0.15, 0.2) is 15.8 Å². The number of carbonyl (C=O) groups excluding carboxylic acids is 2. The van der Waals surface area contributed by atoms with E-state index < -0.39 is 91.6 Å². The molecule has 1 aliphatic rings. The summed E-state index contributed by atoms with van der Waals surface area (Å²) in [7, 11) is 0. The first-order chi connectivity index (χ1) is 15.9. The van der Waals surface area contributed by atoms with Crippen molar-refractivity contribution in [3.05, 3.63) is 32.6 Å². The topological polar surface area (TPSA) is 290 Å². The molecule has 2 rings (SSSR count). The molecule has 1 aliphatic heterocycles. The first-order valence-corrected chi connectivity index (χ1v) is 9.73. The number of aromatic amines is 1. The standard InChI is InChI=1S/C17H25N5O12/c18-7(1-6(24)4-33-16(19)31)13(28)20-8(15(29)30)11-9(25)10(26)14(34-11)22-2-5(3-23)12(27)21-17(22)32/h2,6-11,14,23-26H,1,3-4,18H2,(H2,19,31)(H,20,28)(H,29,30)(H,21,27,32)/t6-,7+,8+,9+,10-,11-,14-/m1/s1. The maximum absolute atomic E-state index is 12.3. The summed E-state index contributed by atoms with van der Waals surface area (Å²) in [6.45, 7) is -1.34. The number of nitrogens with zero attached hydrogens (tertiary/aromatic N) is 1. The van der Waals surface area contributed by atoms with Gasteiger partial charge in [0, 0.05) is 12.6 Å². The fourth-order valence-corrected chi connectivity index (χ4v) is 3.21. The van der Waals surface area contributed by atoms with Crippen LogP contribution in [0.1, 0.15) is 18.2 Å². The SMILES string of the molecule is NC(=O)OC[C@H](O)C[C@H](N)C(=O)N[C@H](C(=O)O)[C@H]1O[C@@H](n2cc(CO)c(=O)[nH]c2=O)[C@H](O)[C@@H]1O. The number of rotatable bonds is 10. The predicted octanol–water partition coefficient (Wildman–Crippen LogP) is -5.61. The molecular formula is C17H25N5O12. The Balaban J connectivity index is 2.18. The van der Waals surface area contributed by atoms with E-state index in [2.05, 4.69) is 4.74 Å². The van der Waals surface area contributed by atoms with E-state index in [1.165, 1.54) is 0 Å². The van der Waals surface area contributed by atoms with E-state index in [1.54, 1.807) is 0 Å². The molecule has 190 valence electrons. The largest absolute Gasteiger partial charge is 0.480 e. The van der Waals surface area contributed by atoms with Crippen molar-refractivity contribution in [2.24, 2.45) is 11.5 Å². The molecule has 34 heavy (non-hydrogen) atoms. The second kappa shape index (κ2) is 11.2. The Hall–Kier alpha value is -3.35. The third-order valence-electron chi connectivity index (χ3n) is 4.93. The molecule has 1 saturated heterocycles. The quantitative estimate of drug-likeness (QED) is 0.148. The van der Waals surface area contributed by atoms with Crippen molar-refractivity contribution < 1.29 is 49.4 Å². The van der Waals surface area contributed by atoms with E-state index in [1.807, 2.05) is 10.3 Å². The second-order valence-corrected chi connectivity index (χ2v) is 7.40. The lowest BCUT2D eigenvalue weighted by molar-refractivity contribution is -0.149. The van der Waals surface area contributed by atoms with Gasteiger partial charge in [0.1, 0.15) is 24.9 Å². The molecule has 2 amide bonds. The summed E-state index contributed by atoms with van der Waals surface area (Å²) in [6.07, 6.45) is -9.43. The molecule has 11 N–H and O–H groups in total. The smallest absolute Gasteiger partial charge is 0.404 e. The van der Waals surface area contributed by atoms with Crippen LogP contribution < -0.4 is 28.0 Å². The van der Waals surface area contributed by atoms with Crippen LogP contribution in [0.4, 0.5) is 4.79 Å². The van der Waals surface area contributed by atoms with Crippen molar-refractivity contribution in [1.29, 1.82) is 0 Å². The van der Waals surface area contributed by atoms with Crippen molar-refractivity contribution >= 4 is 18.0 Å². The number of hydrogen-bond donors (Lipinski definition) is 9. The molecule has 0 spiro atoms. The number of aliphatic carboxylic acids is 1. The maximum atomic E-state index is 12.3. The average molecular weight is 491 g/mol. The van der Waals surface area contributed by atoms with E-state index >= 15 is 0 Å². The highest BCUT2D eigenvalue weighted by molar-refractivity contribution is 5.87. The van der Waals surface area contributed by atoms with Crippen molar-refractivity contribution in [2.45, 2.75) is 55.8 Å². The number of hydrogen-bond acceptors (Lipinski definition) is 12. The molecule has 0 saturated carbocycles. The molecule has 0 bridgehead atoms. The second-order valence-electron chi connectivity index (χ2n) is 7.40. The van der Waals surface area contributed by atoms with Crippen LogP contribution in [0.5, 0.6) is 0 Å². The minimum Gasteiger partial charge on any atom is -0.480 e. The predicted molar refractivity (Wildman–Crippen MR) is 107 cm³/mol. The Morgan fingerprint density at radius 3 is 2.47 bits per heavy atom. The molecule has 0 aliphatic carbocycles. The minimum absolute atomic E-state index is 0.277. The van der Waals surface area contributed by atoms with E-state index in [-0.39, 0.29) is 5.56 Å². The number of primary amides is 1. The molecular weight excluding hydrogens is 466 g/mol. The Morgan fingerprint density at radius 2 is 1.91 bits per heavy atom. The third kappa shape index (κ3) is 6.16. The van der Waals surface area contributed by atoms with Gasteiger partial charge in [0.05, 0.1) is 24.3 Å². The molecule has 1 aromatic heterocycles. The van der Waals surface area contributed by atoms with Gasteiger partial charge in [-0.2, -0.15) is 0 Å². The maximum Gasteiger partial charge on any atom is 0.404 e. The summed E-state index contributed by atoms with van der Waals surface area (Å²) in [5.41, 5.74) is 8.12. The number of carboxylic acids is 1. The fourth-order valence-electron chi connectivity index (χ4n) is 3.21. The van der Waals surface area contributed by atoms with Crippen LogP contribution in [-0.2, 0) is 25.7 Å². The summed E-state index contributed by atoms with van der Waals surface area (Å²) in [4.78, 5) is 60.2. The Morgan fingerprint density at radius 1 is 1.26 bits per heavy atom. The van der Waals surface area contributed by atoms with Crippen LogP contribution in [0.25, 0.3) is 0 Å². The van der Waals surface area contributed by atoms with Crippen molar-refractivity contribution in [2.75, 3.05) is 6.61 Å². The summed E-state index contributed by atoms with van der Waals surface area (Å²) in [5.74, 6) is -2.79. The Kier molecular flexibility index (Phi) is 8.85. The highest BCUT2D eigenvalue weighted by Crippen LogP contribution is 2.30. The lowest BCUT2D eigenvalue weighted by Gasteiger charge is -2.25. The van der Waals surface area contributed by atoms with Crippen LogP contribution in [0.2, 0.25) is 0 Å². The van der Waals surface area contributed by atoms with Gasteiger partial charge >= 0.3 is 17.8 Å². The average Bonchev–Trinajstić information content (AvgIpc) is 3.04. The first-order valence-electron chi connectivity index (χ1n) is 9.73. The number of aliphatic hydroxyl groups excluding tert-OH is 4. The molecule has 7 atom stereocenters. The van der Waals surface area contributed by atoms with Crippen LogP contribution in [-0.4, -0.2) is 96.2 Å². The number of carboxylic acid groups (broad SMARTS) is 1. The van der Waals surface area contributed by atoms with Crippen molar-refractivity contribution in [1.82, 2.24) is 14.9 Å². The fraction of sp³-hybridized carbons (Fsp3) is 0.588.